The van der Waals surface area contributed by atoms with Crippen LogP contribution in [0.4, 0.5) is 15.9 Å². The van der Waals surface area contributed by atoms with Crippen LogP contribution in [0.2, 0.25) is 0 Å². The van der Waals surface area contributed by atoms with Crippen LogP contribution in [0, 0.1) is 5.82 Å². The first-order chi connectivity index (χ1) is 16.0. The molecule has 2 aromatic heterocycles. The van der Waals surface area contributed by atoms with Gasteiger partial charge in [0, 0.05) is 30.7 Å². The summed E-state index contributed by atoms with van der Waals surface area (Å²) in [6, 6.07) is 17.9. The number of nitrogens with one attached hydrogen (secondary N) is 2. The van der Waals surface area contributed by atoms with Crippen molar-refractivity contribution in [3.63, 3.8) is 0 Å². The van der Waals surface area contributed by atoms with Crippen LogP contribution < -0.4 is 21.5 Å². The van der Waals surface area contributed by atoms with Crippen molar-refractivity contribution in [3.8, 4) is 11.3 Å². The number of carbonyl (C=O) groups is 1. The zero-order valence-electron chi connectivity index (χ0n) is 18.5. The molecule has 0 spiro atoms. The van der Waals surface area contributed by atoms with Crippen LogP contribution in [-0.4, -0.2) is 29.5 Å². The summed E-state index contributed by atoms with van der Waals surface area (Å²) in [5.41, 5.74) is 12.9. The number of halogens is 1. The van der Waals surface area contributed by atoms with Gasteiger partial charge in [0.15, 0.2) is 5.82 Å². The second kappa shape index (κ2) is 9.62. The zero-order chi connectivity index (χ0) is 23.4. The summed E-state index contributed by atoms with van der Waals surface area (Å²) in [5, 5.41) is 5.48. The van der Waals surface area contributed by atoms with Crippen LogP contribution in [0.5, 0.6) is 0 Å². The first-order valence-corrected chi connectivity index (χ1v) is 10.6. The number of carbonyl (C=O) groups excluding carboxylic acids is 1. The SMILES string of the molecule is CCNC(=O)c1ccc(-c2ccc(N)c(N(Cc3ccc4ncccc4c3)NC)n2)cc1F. The summed E-state index contributed by atoms with van der Waals surface area (Å²) < 4.78 is 14.6. The van der Waals surface area contributed by atoms with Crippen molar-refractivity contribution in [3.05, 3.63) is 83.8 Å². The minimum Gasteiger partial charge on any atom is -0.396 e. The molecule has 33 heavy (non-hydrogen) atoms. The maximum absolute atomic E-state index is 14.6. The molecule has 0 radical (unpaired) electrons. The first-order valence-electron chi connectivity index (χ1n) is 10.6. The molecule has 8 heteroatoms. The molecule has 0 unspecified atom stereocenters. The molecule has 4 aromatic rings. The van der Waals surface area contributed by atoms with Gasteiger partial charge in [-0.15, -0.1) is 0 Å². The minimum atomic E-state index is -0.603. The van der Waals surface area contributed by atoms with E-state index in [9.17, 15) is 9.18 Å². The largest absolute Gasteiger partial charge is 0.396 e. The zero-order valence-corrected chi connectivity index (χ0v) is 18.5. The van der Waals surface area contributed by atoms with Crippen LogP contribution in [0.15, 0.2) is 66.9 Å². The Morgan fingerprint density at radius 3 is 2.73 bits per heavy atom. The van der Waals surface area contributed by atoms with E-state index in [0.717, 1.165) is 16.5 Å². The van der Waals surface area contributed by atoms with Gasteiger partial charge in [0.25, 0.3) is 5.91 Å². The van der Waals surface area contributed by atoms with Gasteiger partial charge in [-0.25, -0.2) is 14.8 Å². The highest BCUT2D eigenvalue weighted by Crippen LogP contribution is 2.28. The summed E-state index contributed by atoms with van der Waals surface area (Å²) in [7, 11) is 1.79. The topological polar surface area (TPSA) is 96.2 Å². The van der Waals surface area contributed by atoms with Crippen molar-refractivity contribution in [2.75, 3.05) is 24.3 Å². The number of pyridine rings is 2. The number of nitrogen functional groups attached to an aromatic ring is 1. The molecule has 0 aliphatic carbocycles. The number of anilines is 2. The van der Waals surface area contributed by atoms with Gasteiger partial charge < -0.3 is 11.1 Å². The van der Waals surface area contributed by atoms with Crippen LogP contribution in [0.25, 0.3) is 22.2 Å². The highest BCUT2D eigenvalue weighted by atomic mass is 19.1. The number of nitrogens with zero attached hydrogens (tertiary/aromatic N) is 3. The number of aromatic nitrogens is 2. The van der Waals surface area contributed by atoms with Crippen molar-refractivity contribution >= 4 is 28.3 Å². The first kappa shape index (κ1) is 22.2. The van der Waals surface area contributed by atoms with E-state index >= 15 is 0 Å². The summed E-state index contributed by atoms with van der Waals surface area (Å²) >= 11 is 0. The number of hydrogen-bond donors (Lipinski definition) is 3. The van der Waals surface area contributed by atoms with Gasteiger partial charge in [0.2, 0.25) is 0 Å². The van der Waals surface area contributed by atoms with E-state index in [0.29, 0.717) is 35.9 Å². The Labute approximate surface area is 191 Å². The predicted molar refractivity (Wildman–Crippen MR) is 129 cm³/mol. The molecule has 0 aliphatic rings. The fourth-order valence-corrected chi connectivity index (χ4v) is 3.62. The Morgan fingerprint density at radius 2 is 1.97 bits per heavy atom. The maximum atomic E-state index is 14.6. The summed E-state index contributed by atoms with van der Waals surface area (Å²) in [6.07, 6.45) is 1.77. The van der Waals surface area contributed by atoms with Crippen LogP contribution in [0.3, 0.4) is 0 Å². The smallest absolute Gasteiger partial charge is 0.254 e. The molecule has 168 valence electrons. The lowest BCUT2D eigenvalue weighted by Gasteiger charge is -2.24. The fourth-order valence-electron chi connectivity index (χ4n) is 3.62. The van der Waals surface area contributed by atoms with Gasteiger partial charge in [-0.1, -0.05) is 18.2 Å². The quantitative estimate of drug-likeness (QED) is 0.374. The highest BCUT2D eigenvalue weighted by molar-refractivity contribution is 5.95. The van der Waals surface area contributed by atoms with Crippen molar-refractivity contribution in [1.29, 1.82) is 0 Å². The molecule has 0 bridgehead atoms. The molecular weight excluding hydrogens is 419 g/mol. The Bertz CT molecular complexity index is 1310. The number of nitrogens with two attached hydrogens (primary N) is 1. The minimum absolute atomic E-state index is 0.00101. The Balaban J connectivity index is 1.64. The lowest BCUT2D eigenvalue weighted by atomic mass is 10.1. The normalized spacial score (nSPS) is 10.9. The number of rotatable bonds is 7. The van der Waals surface area contributed by atoms with Gasteiger partial charge in [-0.3, -0.25) is 14.8 Å². The monoisotopic (exact) mass is 444 g/mol. The van der Waals surface area contributed by atoms with E-state index < -0.39 is 11.7 Å². The Morgan fingerprint density at radius 1 is 1.12 bits per heavy atom. The van der Waals surface area contributed by atoms with E-state index in [1.54, 1.807) is 38.4 Å². The molecule has 4 rings (SSSR count). The Kier molecular flexibility index (Phi) is 6.46. The van der Waals surface area contributed by atoms with E-state index in [2.05, 4.69) is 26.8 Å². The standard InChI is InChI=1S/C25H25FN6O/c1-3-29-25(33)19-8-7-18(14-20(19)26)23-11-9-21(27)24(31-23)32(28-2)15-16-6-10-22-17(13-16)5-4-12-30-22/h4-14,28H,3,15,27H2,1-2H3,(H,29,33). The van der Waals surface area contributed by atoms with Gasteiger partial charge in [0.1, 0.15) is 5.82 Å². The van der Waals surface area contributed by atoms with E-state index in [4.69, 9.17) is 5.73 Å². The fraction of sp³-hybridized carbons (Fsp3) is 0.160. The van der Waals surface area contributed by atoms with Gasteiger partial charge in [0.05, 0.1) is 29.0 Å². The van der Waals surface area contributed by atoms with Crippen molar-refractivity contribution < 1.29 is 9.18 Å². The Hall–Kier alpha value is -4.04. The number of amides is 1. The van der Waals surface area contributed by atoms with Crippen LogP contribution in [0.1, 0.15) is 22.8 Å². The van der Waals surface area contributed by atoms with Crippen LogP contribution >= 0.6 is 0 Å². The second-order valence-corrected chi connectivity index (χ2v) is 7.50. The average molecular weight is 445 g/mol. The third-order valence-electron chi connectivity index (χ3n) is 5.29. The van der Waals surface area contributed by atoms with Crippen molar-refractivity contribution in [2.24, 2.45) is 0 Å². The van der Waals surface area contributed by atoms with E-state index in [-0.39, 0.29) is 5.56 Å². The molecule has 0 atom stereocenters. The average Bonchev–Trinajstić information content (AvgIpc) is 2.83. The van der Waals surface area contributed by atoms with E-state index in [1.807, 2.05) is 29.3 Å². The lowest BCUT2D eigenvalue weighted by molar-refractivity contribution is 0.0952. The molecule has 0 fully saturated rings. The second-order valence-electron chi connectivity index (χ2n) is 7.50. The summed E-state index contributed by atoms with van der Waals surface area (Å²) in [5.74, 6) is -0.525. The highest BCUT2D eigenvalue weighted by Gasteiger charge is 2.16. The summed E-state index contributed by atoms with van der Waals surface area (Å²) in [4.78, 5) is 21.0. The van der Waals surface area contributed by atoms with Crippen LogP contribution in [-0.2, 0) is 6.54 Å². The third kappa shape index (κ3) is 4.75. The molecule has 0 saturated carbocycles. The number of fused-ring (bicyclic) bond motifs is 1. The molecule has 0 saturated heterocycles. The van der Waals surface area contributed by atoms with Gasteiger partial charge >= 0.3 is 0 Å². The molecule has 4 N–H and O–H groups in total. The molecular formula is C25H25FN6O. The molecule has 2 heterocycles. The number of hydrogen-bond acceptors (Lipinski definition) is 6. The van der Waals surface area contributed by atoms with Gasteiger partial charge in [-0.05, 0) is 55.0 Å². The van der Waals surface area contributed by atoms with Crippen molar-refractivity contribution in [1.82, 2.24) is 20.7 Å². The third-order valence-corrected chi connectivity index (χ3v) is 5.29. The molecule has 2 aromatic carbocycles. The summed E-state index contributed by atoms with van der Waals surface area (Å²) in [6.45, 7) is 2.72. The predicted octanol–water partition coefficient (Wildman–Crippen LogP) is 3.91. The molecule has 1 amide bonds. The van der Waals surface area contributed by atoms with E-state index in [1.165, 1.54) is 12.1 Å². The van der Waals surface area contributed by atoms with Crippen molar-refractivity contribution in [2.45, 2.75) is 13.5 Å². The number of hydrazine groups is 1. The number of benzene rings is 2. The van der Waals surface area contributed by atoms with Gasteiger partial charge in [-0.2, -0.15) is 0 Å². The molecule has 7 nitrogen and oxygen atoms in total. The lowest BCUT2D eigenvalue weighted by Crippen LogP contribution is -2.35. The maximum Gasteiger partial charge on any atom is 0.254 e. The molecule has 0 aliphatic heterocycles.